The zero-order chi connectivity index (χ0) is 18.0. The molecule has 0 aliphatic rings. The van der Waals surface area contributed by atoms with E-state index in [0.717, 1.165) is 22.4 Å². The largest absolute Gasteiger partial charge is 0.465 e. The molecule has 25 heavy (non-hydrogen) atoms. The lowest BCUT2D eigenvalue weighted by Gasteiger charge is -2.06. The topological polar surface area (TPSA) is 73.2 Å². The van der Waals surface area contributed by atoms with Gasteiger partial charge in [-0.25, -0.2) is 9.78 Å². The molecule has 0 bridgehead atoms. The molecule has 2 aromatic carbocycles. The van der Waals surface area contributed by atoms with E-state index in [9.17, 15) is 9.59 Å². The van der Waals surface area contributed by atoms with Gasteiger partial charge in [0.25, 0.3) is 0 Å². The van der Waals surface area contributed by atoms with Gasteiger partial charge in [0.2, 0.25) is 5.91 Å². The molecule has 128 valence electrons. The van der Waals surface area contributed by atoms with Crippen LogP contribution in [0.1, 0.15) is 21.7 Å². The van der Waals surface area contributed by atoms with Crippen LogP contribution in [0.5, 0.6) is 0 Å². The minimum Gasteiger partial charge on any atom is -0.465 e. The fraction of sp³-hybridized carbons (Fsp3) is 0.211. The van der Waals surface area contributed by atoms with Crippen LogP contribution in [0.25, 0.3) is 11.0 Å². The predicted molar refractivity (Wildman–Crippen MR) is 95.6 cm³/mol. The number of esters is 1. The summed E-state index contributed by atoms with van der Waals surface area (Å²) in [6, 6.07) is 12.4. The van der Waals surface area contributed by atoms with Crippen molar-refractivity contribution in [3.05, 3.63) is 59.4 Å². The molecule has 0 spiro atoms. The molecule has 1 heterocycles. The number of methoxy groups -OCH3 is 1. The highest BCUT2D eigenvalue weighted by Crippen LogP contribution is 2.17. The second kappa shape index (κ2) is 6.76. The van der Waals surface area contributed by atoms with Gasteiger partial charge in [-0.05, 0) is 48.9 Å². The van der Waals surface area contributed by atoms with Crippen LogP contribution in [0.3, 0.4) is 0 Å². The number of ether oxygens (including phenoxy) is 1. The molecule has 0 saturated heterocycles. The van der Waals surface area contributed by atoms with Crippen molar-refractivity contribution >= 4 is 28.6 Å². The fourth-order valence-corrected chi connectivity index (χ4v) is 2.67. The quantitative estimate of drug-likeness (QED) is 0.743. The molecular formula is C19H19N3O3. The summed E-state index contributed by atoms with van der Waals surface area (Å²) in [7, 11) is 3.30. The molecule has 0 saturated carbocycles. The summed E-state index contributed by atoms with van der Waals surface area (Å²) in [6.07, 6.45) is 0.254. The van der Waals surface area contributed by atoms with E-state index in [4.69, 9.17) is 0 Å². The number of carbonyl (C=O) groups excluding carboxylic acids is 2. The molecule has 0 aliphatic heterocycles. The number of imidazole rings is 1. The molecule has 1 amide bonds. The van der Waals surface area contributed by atoms with Gasteiger partial charge in [0.15, 0.2) is 0 Å². The molecule has 1 N–H and O–H groups in total. The zero-order valence-electron chi connectivity index (χ0n) is 14.4. The van der Waals surface area contributed by atoms with Crippen LogP contribution in [0, 0.1) is 6.92 Å². The first-order chi connectivity index (χ1) is 12.0. The molecule has 0 unspecified atom stereocenters. The van der Waals surface area contributed by atoms with E-state index in [1.54, 1.807) is 24.3 Å². The number of nitrogens with one attached hydrogen (secondary N) is 1. The van der Waals surface area contributed by atoms with Gasteiger partial charge in [-0.15, -0.1) is 0 Å². The first kappa shape index (κ1) is 16.7. The van der Waals surface area contributed by atoms with Gasteiger partial charge in [-0.3, -0.25) is 4.79 Å². The number of anilines is 1. The van der Waals surface area contributed by atoms with Crippen molar-refractivity contribution in [3.8, 4) is 0 Å². The second-order valence-corrected chi connectivity index (χ2v) is 5.83. The first-order valence-electron chi connectivity index (χ1n) is 7.88. The maximum absolute atomic E-state index is 12.2. The van der Waals surface area contributed by atoms with Crippen molar-refractivity contribution in [3.63, 3.8) is 0 Å². The summed E-state index contributed by atoms with van der Waals surface area (Å²) >= 11 is 0. The Kier molecular flexibility index (Phi) is 4.52. The van der Waals surface area contributed by atoms with E-state index in [0.29, 0.717) is 11.3 Å². The number of aromatic nitrogens is 2. The highest BCUT2D eigenvalue weighted by molar-refractivity contribution is 5.94. The number of hydrogen-bond donors (Lipinski definition) is 1. The first-order valence-corrected chi connectivity index (χ1v) is 7.88. The van der Waals surface area contributed by atoms with Crippen molar-refractivity contribution < 1.29 is 14.3 Å². The monoisotopic (exact) mass is 337 g/mol. The van der Waals surface area contributed by atoms with Crippen molar-refractivity contribution in [1.82, 2.24) is 9.55 Å². The van der Waals surface area contributed by atoms with Gasteiger partial charge in [0, 0.05) is 12.7 Å². The normalized spacial score (nSPS) is 10.7. The molecule has 0 aliphatic carbocycles. The lowest BCUT2D eigenvalue weighted by Crippen LogP contribution is -2.14. The summed E-state index contributed by atoms with van der Waals surface area (Å²) in [6.45, 7) is 1.95. The zero-order valence-corrected chi connectivity index (χ0v) is 14.4. The molecule has 0 fully saturated rings. The smallest absolute Gasteiger partial charge is 0.337 e. The average Bonchev–Trinajstić information content (AvgIpc) is 2.88. The van der Waals surface area contributed by atoms with Gasteiger partial charge in [-0.1, -0.05) is 6.07 Å². The predicted octanol–water partition coefficient (Wildman–Crippen LogP) is 2.85. The number of benzene rings is 2. The van der Waals surface area contributed by atoms with Gasteiger partial charge in [0.05, 0.1) is 30.1 Å². The van der Waals surface area contributed by atoms with Crippen LogP contribution in [0.2, 0.25) is 0 Å². The third-order valence-corrected chi connectivity index (χ3v) is 4.12. The lowest BCUT2D eigenvalue weighted by molar-refractivity contribution is -0.115. The van der Waals surface area contributed by atoms with E-state index < -0.39 is 5.97 Å². The van der Waals surface area contributed by atoms with Crippen molar-refractivity contribution in [2.24, 2.45) is 7.05 Å². The summed E-state index contributed by atoms with van der Waals surface area (Å²) in [4.78, 5) is 28.1. The standard InChI is InChI=1S/C19H19N3O3/c1-12-20-16-10-13(4-9-17(16)22(12)2)11-18(23)21-15-7-5-14(6-8-15)19(24)25-3/h4-10H,11H2,1-3H3,(H,21,23). The molecule has 1 aromatic heterocycles. The highest BCUT2D eigenvalue weighted by atomic mass is 16.5. The molecule has 3 aromatic rings. The SMILES string of the molecule is COC(=O)c1ccc(NC(=O)Cc2ccc3c(c2)nc(C)n3C)cc1. The van der Waals surface area contributed by atoms with Crippen molar-refractivity contribution in [1.29, 1.82) is 0 Å². The lowest BCUT2D eigenvalue weighted by atomic mass is 10.1. The Hall–Kier alpha value is -3.15. The minimum atomic E-state index is -0.406. The molecular weight excluding hydrogens is 318 g/mol. The van der Waals surface area contributed by atoms with Gasteiger partial charge >= 0.3 is 5.97 Å². The summed E-state index contributed by atoms with van der Waals surface area (Å²) in [5.74, 6) is 0.400. The van der Waals surface area contributed by atoms with Gasteiger partial charge < -0.3 is 14.6 Å². The van der Waals surface area contributed by atoms with E-state index in [2.05, 4.69) is 15.0 Å². The third-order valence-electron chi connectivity index (χ3n) is 4.12. The second-order valence-electron chi connectivity index (χ2n) is 5.83. The van der Waals surface area contributed by atoms with Gasteiger partial charge in [-0.2, -0.15) is 0 Å². The van der Waals surface area contributed by atoms with Crippen LogP contribution in [0.4, 0.5) is 5.69 Å². The minimum absolute atomic E-state index is 0.127. The van der Waals surface area contributed by atoms with Crippen molar-refractivity contribution in [2.45, 2.75) is 13.3 Å². The Morgan fingerprint density at radius 3 is 2.56 bits per heavy atom. The molecule has 3 rings (SSSR count). The summed E-state index contributed by atoms with van der Waals surface area (Å²) < 4.78 is 6.66. The van der Waals surface area contributed by atoms with E-state index in [1.165, 1.54) is 7.11 Å². The molecule has 6 nitrogen and oxygen atoms in total. The number of amides is 1. The number of hydrogen-bond acceptors (Lipinski definition) is 4. The number of rotatable bonds is 4. The Labute approximate surface area is 145 Å². The van der Waals surface area contributed by atoms with Crippen LogP contribution in [-0.2, 0) is 23.0 Å². The van der Waals surface area contributed by atoms with Crippen molar-refractivity contribution in [2.75, 3.05) is 12.4 Å². The van der Waals surface area contributed by atoms with E-state index >= 15 is 0 Å². The van der Waals surface area contributed by atoms with Crippen LogP contribution >= 0.6 is 0 Å². The maximum atomic E-state index is 12.2. The Morgan fingerprint density at radius 2 is 1.88 bits per heavy atom. The van der Waals surface area contributed by atoms with E-state index in [-0.39, 0.29) is 12.3 Å². The Bertz CT molecular complexity index is 942. The Balaban J connectivity index is 1.69. The molecule has 6 heteroatoms. The van der Waals surface area contributed by atoms with E-state index in [1.807, 2.05) is 36.7 Å². The summed E-state index contributed by atoms with van der Waals surface area (Å²) in [5, 5.41) is 2.82. The van der Waals surface area contributed by atoms with Crippen LogP contribution < -0.4 is 5.32 Å². The molecule has 0 radical (unpaired) electrons. The third kappa shape index (κ3) is 3.52. The Morgan fingerprint density at radius 1 is 1.16 bits per heavy atom. The fourth-order valence-electron chi connectivity index (χ4n) is 2.67. The average molecular weight is 337 g/mol. The number of nitrogens with zero attached hydrogens (tertiary/aromatic N) is 2. The van der Waals surface area contributed by atoms with Gasteiger partial charge in [0.1, 0.15) is 5.82 Å². The molecule has 0 atom stereocenters. The van der Waals surface area contributed by atoms with Crippen LogP contribution in [-0.4, -0.2) is 28.5 Å². The maximum Gasteiger partial charge on any atom is 0.337 e. The highest BCUT2D eigenvalue weighted by Gasteiger charge is 2.09. The number of carbonyl (C=O) groups is 2. The number of fused-ring (bicyclic) bond motifs is 1. The summed E-state index contributed by atoms with van der Waals surface area (Å²) in [5.41, 5.74) is 3.89. The number of aryl methyl sites for hydroxylation is 2. The van der Waals surface area contributed by atoms with Crippen LogP contribution in [0.15, 0.2) is 42.5 Å².